The van der Waals surface area contributed by atoms with Crippen molar-refractivity contribution in [3.05, 3.63) is 50.0 Å². The SMILES string of the molecule is Cc1c(CNC/C(Cl)=C/Cl)cccc1[N+](=O)[O-]. The van der Waals surface area contributed by atoms with Gasteiger partial charge in [-0.15, -0.1) is 0 Å². The summed E-state index contributed by atoms with van der Waals surface area (Å²) in [5.74, 6) is 0. The second-order valence-electron chi connectivity index (χ2n) is 3.48. The lowest BCUT2D eigenvalue weighted by molar-refractivity contribution is -0.385. The van der Waals surface area contributed by atoms with Crippen LogP contribution in [0.15, 0.2) is 28.8 Å². The van der Waals surface area contributed by atoms with Gasteiger partial charge in [0.05, 0.1) is 4.92 Å². The number of hydrogen-bond donors (Lipinski definition) is 1. The van der Waals surface area contributed by atoms with Crippen molar-refractivity contribution in [2.75, 3.05) is 6.54 Å². The van der Waals surface area contributed by atoms with Gasteiger partial charge in [-0.2, -0.15) is 0 Å². The molecule has 4 nitrogen and oxygen atoms in total. The number of halogens is 2. The maximum Gasteiger partial charge on any atom is 0.272 e. The fourth-order valence-electron chi connectivity index (χ4n) is 1.41. The quantitative estimate of drug-likeness (QED) is 0.662. The molecule has 0 saturated heterocycles. The van der Waals surface area contributed by atoms with Crippen LogP contribution in [0.5, 0.6) is 0 Å². The highest BCUT2D eigenvalue weighted by atomic mass is 35.5. The van der Waals surface area contributed by atoms with E-state index in [4.69, 9.17) is 23.2 Å². The van der Waals surface area contributed by atoms with Gasteiger partial charge in [-0.1, -0.05) is 35.3 Å². The highest BCUT2D eigenvalue weighted by Crippen LogP contribution is 2.20. The molecule has 0 saturated carbocycles. The Bertz CT molecular complexity index is 447. The van der Waals surface area contributed by atoms with E-state index in [0.717, 1.165) is 5.56 Å². The third-order valence-electron chi connectivity index (χ3n) is 2.34. The molecule has 1 N–H and O–H groups in total. The van der Waals surface area contributed by atoms with Crippen LogP contribution >= 0.6 is 23.2 Å². The van der Waals surface area contributed by atoms with Crippen molar-refractivity contribution in [2.24, 2.45) is 0 Å². The first-order valence-electron chi connectivity index (χ1n) is 4.94. The van der Waals surface area contributed by atoms with Crippen molar-refractivity contribution >= 4 is 28.9 Å². The van der Waals surface area contributed by atoms with Gasteiger partial charge < -0.3 is 5.32 Å². The molecule has 0 aromatic heterocycles. The van der Waals surface area contributed by atoms with Crippen molar-refractivity contribution in [1.29, 1.82) is 0 Å². The Labute approximate surface area is 109 Å². The Hall–Kier alpha value is -1.10. The molecular weight excluding hydrogens is 263 g/mol. The van der Waals surface area contributed by atoms with Gasteiger partial charge >= 0.3 is 0 Å². The molecule has 1 aromatic rings. The number of nitrogens with one attached hydrogen (secondary N) is 1. The van der Waals surface area contributed by atoms with E-state index in [1.165, 1.54) is 11.6 Å². The fraction of sp³-hybridized carbons (Fsp3) is 0.273. The number of nitro benzene ring substituents is 1. The maximum atomic E-state index is 10.7. The zero-order valence-corrected chi connectivity index (χ0v) is 10.8. The summed E-state index contributed by atoms with van der Waals surface area (Å²) in [4.78, 5) is 10.4. The molecule has 17 heavy (non-hydrogen) atoms. The second kappa shape index (κ2) is 6.59. The van der Waals surface area contributed by atoms with Gasteiger partial charge in [-0.05, 0) is 12.5 Å². The van der Waals surface area contributed by atoms with Crippen molar-refractivity contribution in [2.45, 2.75) is 13.5 Å². The summed E-state index contributed by atoms with van der Waals surface area (Å²) in [5, 5.41) is 14.3. The van der Waals surface area contributed by atoms with Gasteiger partial charge in [0.25, 0.3) is 5.69 Å². The molecule has 0 unspecified atom stereocenters. The summed E-state index contributed by atoms with van der Waals surface area (Å²) in [5.41, 5.74) is 2.95. The normalized spacial score (nSPS) is 11.6. The molecule has 1 rings (SSSR count). The van der Waals surface area contributed by atoms with Gasteiger partial charge in [0.15, 0.2) is 0 Å². The zero-order valence-electron chi connectivity index (χ0n) is 9.24. The van der Waals surface area contributed by atoms with Crippen molar-refractivity contribution < 1.29 is 4.92 Å². The molecule has 6 heteroatoms. The Balaban J connectivity index is 2.72. The molecule has 0 radical (unpaired) electrons. The van der Waals surface area contributed by atoms with Crippen molar-refractivity contribution in [3.63, 3.8) is 0 Å². The van der Waals surface area contributed by atoms with E-state index in [1.807, 2.05) is 6.07 Å². The van der Waals surface area contributed by atoms with Gasteiger partial charge in [-0.3, -0.25) is 10.1 Å². The molecular formula is C11H12Cl2N2O2. The molecule has 0 bridgehead atoms. The molecule has 1 aromatic carbocycles. The number of hydrogen-bond acceptors (Lipinski definition) is 3. The summed E-state index contributed by atoms with van der Waals surface area (Å²) in [6.07, 6.45) is 0. The van der Waals surface area contributed by atoms with Crippen LogP contribution in [0.4, 0.5) is 5.69 Å². The minimum atomic E-state index is -0.384. The van der Waals surface area contributed by atoms with Crippen LogP contribution in [0.1, 0.15) is 11.1 Å². The third-order valence-corrected chi connectivity index (χ3v) is 2.96. The first-order chi connectivity index (χ1) is 8.06. The number of nitrogens with zero attached hydrogens (tertiary/aromatic N) is 1. The van der Waals surface area contributed by atoms with Crippen molar-refractivity contribution in [1.82, 2.24) is 5.32 Å². The van der Waals surface area contributed by atoms with E-state index < -0.39 is 0 Å². The molecule has 0 spiro atoms. The average molecular weight is 275 g/mol. The predicted octanol–water partition coefficient (Wildman–Crippen LogP) is 3.31. The largest absolute Gasteiger partial charge is 0.308 e. The second-order valence-corrected chi connectivity index (χ2v) is 4.18. The minimum Gasteiger partial charge on any atom is -0.308 e. The van der Waals surface area contributed by atoms with Crippen LogP contribution < -0.4 is 5.32 Å². The molecule has 0 atom stereocenters. The first kappa shape index (κ1) is 14.0. The van der Waals surface area contributed by atoms with E-state index in [0.29, 0.717) is 23.7 Å². The Kier molecular flexibility index (Phi) is 5.41. The summed E-state index contributed by atoms with van der Waals surface area (Å²) in [7, 11) is 0. The minimum absolute atomic E-state index is 0.128. The average Bonchev–Trinajstić information content (AvgIpc) is 2.30. The van der Waals surface area contributed by atoms with Crippen LogP contribution in [0.3, 0.4) is 0 Å². The van der Waals surface area contributed by atoms with E-state index in [-0.39, 0.29) is 10.6 Å². The standard InChI is InChI=1S/C11H12Cl2N2O2/c1-8-9(6-14-7-10(13)5-12)3-2-4-11(8)15(16)17/h2-5,14H,6-7H2,1H3/b10-5-. The van der Waals surface area contributed by atoms with Crippen LogP contribution in [-0.2, 0) is 6.54 Å². The van der Waals surface area contributed by atoms with E-state index >= 15 is 0 Å². The maximum absolute atomic E-state index is 10.7. The summed E-state index contributed by atoms with van der Waals surface area (Å²) >= 11 is 11.1. The molecule has 92 valence electrons. The highest BCUT2D eigenvalue weighted by molar-refractivity contribution is 6.36. The van der Waals surface area contributed by atoms with Crippen LogP contribution in [-0.4, -0.2) is 11.5 Å². The molecule has 0 aliphatic carbocycles. The summed E-state index contributed by atoms with van der Waals surface area (Å²) in [6, 6.07) is 5.00. The first-order valence-corrected chi connectivity index (χ1v) is 5.76. The Morgan fingerprint density at radius 1 is 1.59 bits per heavy atom. The lowest BCUT2D eigenvalue weighted by Crippen LogP contribution is -2.15. The molecule has 0 amide bonds. The van der Waals surface area contributed by atoms with Gasteiger partial charge in [0, 0.05) is 35.3 Å². The van der Waals surface area contributed by atoms with E-state index in [2.05, 4.69) is 5.32 Å². The number of rotatable bonds is 5. The van der Waals surface area contributed by atoms with E-state index in [9.17, 15) is 10.1 Å². The smallest absolute Gasteiger partial charge is 0.272 e. The third kappa shape index (κ3) is 4.00. The molecule has 0 aliphatic rings. The van der Waals surface area contributed by atoms with Crippen LogP contribution in [0.25, 0.3) is 0 Å². The lowest BCUT2D eigenvalue weighted by atomic mass is 10.1. The molecule has 0 heterocycles. The molecule has 0 fully saturated rings. The monoisotopic (exact) mass is 274 g/mol. The van der Waals surface area contributed by atoms with Gasteiger partial charge in [-0.25, -0.2) is 0 Å². The number of benzene rings is 1. The molecule has 0 aliphatic heterocycles. The fourth-order valence-corrected chi connectivity index (χ4v) is 1.59. The van der Waals surface area contributed by atoms with Crippen LogP contribution in [0.2, 0.25) is 0 Å². The van der Waals surface area contributed by atoms with E-state index in [1.54, 1.807) is 13.0 Å². The Morgan fingerprint density at radius 2 is 2.29 bits per heavy atom. The van der Waals surface area contributed by atoms with Crippen molar-refractivity contribution in [3.8, 4) is 0 Å². The Morgan fingerprint density at radius 3 is 2.88 bits per heavy atom. The summed E-state index contributed by atoms with van der Waals surface area (Å²) in [6.45, 7) is 2.68. The van der Waals surface area contributed by atoms with Gasteiger partial charge in [0.1, 0.15) is 0 Å². The summed E-state index contributed by atoms with van der Waals surface area (Å²) < 4.78 is 0. The number of nitro groups is 1. The topological polar surface area (TPSA) is 55.2 Å². The highest BCUT2D eigenvalue weighted by Gasteiger charge is 2.12. The van der Waals surface area contributed by atoms with Crippen LogP contribution in [0, 0.1) is 17.0 Å². The zero-order chi connectivity index (χ0) is 12.8. The lowest BCUT2D eigenvalue weighted by Gasteiger charge is -2.07. The van der Waals surface area contributed by atoms with Gasteiger partial charge in [0.2, 0.25) is 0 Å². The predicted molar refractivity (Wildman–Crippen MR) is 69.3 cm³/mol.